The number of anilines is 2. The van der Waals surface area contributed by atoms with Gasteiger partial charge in [0.05, 0.1) is 16.4 Å². The average molecular weight is 925 g/mol. The molecule has 0 atom stereocenters. The highest BCUT2D eigenvalue weighted by molar-refractivity contribution is 8.04. The van der Waals surface area contributed by atoms with Gasteiger partial charge in [0.2, 0.25) is 10.0 Å². The molecule has 0 spiro atoms. The summed E-state index contributed by atoms with van der Waals surface area (Å²) >= 11 is 0.257. The van der Waals surface area contributed by atoms with Crippen LogP contribution in [0.25, 0.3) is 11.1 Å². The maximum Gasteiger partial charge on any atom is 0.303 e. The maximum absolute atomic E-state index is 15.0. The van der Waals surface area contributed by atoms with Crippen molar-refractivity contribution in [3.05, 3.63) is 130 Å². The van der Waals surface area contributed by atoms with Crippen LogP contribution >= 0.6 is 11.8 Å². The smallest absolute Gasteiger partial charge is 0.303 e. The van der Waals surface area contributed by atoms with Crippen molar-refractivity contribution >= 4 is 66.0 Å². The number of piperidine rings is 2. The molecule has 10 nitrogen and oxygen atoms in total. The molecule has 0 saturated carbocycles. The number of nitrogens with zero attached hydrogens (tertiary/aromatic N) is 3. The van der Waals surface area contributed by atoms with Crippen molar-refractivity contribution in [3.8, 4) is 0 Å². The lowest BCUT2D eigenvalue weighted by Crippen LogP contribution is -2.34. The summed E-state index contributed by atoms with van der Waals surface area (Å²) in [6.07, 6.45) is 10.3. The molecule has 4 aromatic rings. The number of benzene rings is 4. The SMILES string of the molecule is O=C(O)CCCSc1c(F)c(F)c(S(=O)(=O)NS(=O)(=O)CCCN=C2C=CC(=C(c3ccc(N4CCCCC4)cc3)c3ccc(N4CCCCC4)cc3)c3ccccc32)c(F)c1F. The van der Waals surface area contributed by atoms with Gasteiger partial charge in [0, 0.05) is 56.1 Å². The number of sulfonamides is 2. The Hall–Kier alpha value is -4.97. The lowest BCUT2D eigenvalue weighted by molar-refractivity contribution is -0.137. The summed E-state index contributed by atoms with van der Waals surface area (Å²) < 4.78 is 112. The first-order valence-electron chi connectivity index (χ1n) is 21.0. The van der Waals surface area contributed by atoms with Crippen LogP contribution in [0.15, 0.2) is 99.7 Å². The second kappa shape index (κ2) is 20.2. The van der Waals surface area contributed by atoms with Crippen molar-refractivity contribution in [1.82, 2.24) is 4.13 Å². The van der Waals surface area contributed by atoms with Crippen molar-refractivity contribution < 1.29 is 44.3 Å². The van der Waals surface area contributed by atoms with E-state index in [0.29, 0.717) is 5.71 Å². The molecular weight excluding hydrogens is 877 g/mol. The van der Waals surface area contributed by atoms with E-state index in [1.165, 1.54) is 54.0 Å². The zero-order chi connectivity index (χ0) is 44.7. The number of allylic oxidation sites excluding steroid dienone is 3. The van der Waals surface area contributed by atoms with E-state index < -0.39 is 64.8 Å². The molecule has 4 aromatic carbocycles. The Balaban J connectivity index is 1.11. The quantitative estimate of drug-likeness (QED) is 0.0488. The van der Waals surface area contributed by atoms with Crippen LogP contribution in [0.5, 0.6) is 0 Å². The van der Waals surface area contributed by atoms with Crippen molar-refractivity contribution in [1.29, 1.82) is 0 Å². The van der Waals surface area contributed by atoms with Gasteiger partial charge in [0.25, 0.3) is 10.0 Å². The summed E-state index contributed by atoms with van der Waals surface area (Å²) in [5.41, 5.74) is 8.71. The van der Waals surface area contributed by atoms with Crippen LogP contribution in [0.4, 0.5) is 28.9 Å². The molecule has 3 aliphatic rings. The van der Waals surface area contributed by atoms with E-state index in [1.54, 1.807) is 0 Å². The summed E-state index contributed by atoms with van der Waals surface area (Å²) in [4.78, 5) is 16.9. The third kappa shape index (κ3) is 10.9. The molecule has 2 fully saturated rings. The molecule has 0 unspecified atom stereocenters. The van der Waals surface area contributed by atoms with Gasteiger partial charge in [-0.3, -0.25) is 9.79 Å². The lowest BCUT2D eigenvalue weighted by atomic mass is 9.83. The van der Waals surface area contributed by atoms with Crippen LogP contribution in [0.3, 0.4) is 0 Å². The summed E-state index contributed by atoms with van der Waals surface area (Å²) in [7, 11) is -10.5. The number of nitrogens with one attached hydrogen (secondary N) is 1. The topological polar surface area (TPSA) is 136 Å². The molecule has 7 rings (SSSR count). The maximum atomic E-state index is 15.0. The number of hydrogen-bond acceptors (Lipinski definition) is 9. The molecule has 0 bridgehead atoms. The molecule has 0 aromatic heterocycles. The van der Waals surface area contributed by atoms with Gasteiger partial charge in [-0.15, -0.1) is 15.9 Å². The number of thioether (sulfide) groups is 1. The fraction of sp³-hybridized carbons (Fsp3) is 0.348. The third-order valence-electron chi connectivity index (χ3n) is 11.2. The largest absolute Gasteiger partial charge is 0.481 e. The van der Waals surface area contributed by atoms with Crippen LogP contribution < -0.4 is 13.9 Å². The fourth-order valence-corrected chi connectivity index (χ4v) is 12.2. The highest BCUT2D eigenvalue weighted by Crippen LogP contribution is 2.39. The van der Waals surface area contributed by atoms with Crippen LogP contribution in [-0.2, 0) is 24.8 Å². The molecule has 2 N–H and O–H groups in total. The van der Waals surface area contributed by atoms with E-state index in [-0.39, 0.29) is 43.3 Å². The Morgan fingerprint density at radius 2 is 1.21 bits per heavy atom. The minimum absolute atomic E-state index is 0.0867. The van der Waals surface area contributed by atoms with E-state index in [1.807, 2.05) is 36.4 Å². The van der Waals surface area contributed by atoms with Crippen molar-refractivity contribution in [2.75, 3.05) is 54.0 Å². The fourth-order valence-electron chi connectivity index (χ4n) is 8.16. The molecule has 17 heteroatoms. The molecule has 0 amide bonds. The van der Waals surface area contributed by atoms with Crippen molar-refractivity contribution in [3.63, 3.8) is 0 Å². The molecule has 334 valence electrons. The van der Waals surface area contributed by atoms with Gasteiger partial charge >= 0.3 is 5.97 Å². The highest BCUT2D eigenvalue weighted by Gasteiger charge is 2.36. The van der Waals surface area contributed by atoms with E-state index >= 15 is 0 Å². The first-order valence-corrected chi connectivity index (χ1v) is 25.1. The highest BCUT2D eigenvalue weighted by atomic mass is 32.3. The number of carboxylic acids is 1. The minimum atomic E-state index is -5.66. The first kappa shape index (κ1) is 46.0. The summed E-state index contributed by atoms with van der Waals surface area (Å²) in [5.74, 6) is -11.0. The summed E-state index contributed by atoms with van der Waals surface area (Å²) in [5, 5.41) is 8.74. The van der Waals surface area contributed by atoms with Gasteiger partial charge in [-0.25, -0.2) is 34.4 Å². The van der Waals surface area contributed by atoms with E-state index in [2.05, 4.69) is 63.3 Å². The number of rotatable bonds is 16. The van der Waals surface area contributed by atoms with E-state index in [9.17, 15) is 39.2 Å². The second-order valence-electron chi connectivity index (χ2n) is 15.6. The Morgan fingerprint density at radius 1 is 0.683 bits per heavy atom. The number of carbonyl (C=O) groups is 1. The van der Waals surface area contributed by atoms with Gasteiger partial charge in [-0.2, -0.15) is 0 Å². The standard InChI is InChI=1S/C46H48F4N4O6S3/c47-41-43(49)46(44(50)42(48)45(41)61-29-9-13-39(55)56)63(59,60)52-62(57,58)30-10-24-51-38-23-22-37(35-11-3-4-12-36(35)38)40(31-14-18-33(19-15-31)53-25-5-1-6-26-53)32-16-20-34(21-17-32)54-27-7-2-8-28-54/h3-4,11-12,14-23,52H,1-2,5-10,13,24-30H2,(H,55,56). The molecular formula is C46H48F4N4O6S3. The predicted octanol–water partition coefficient (Wildman–Crippen LogP) is 9.20. The van der Waals surface area contributed by atoms with Gasteiger partial charge < -0.3 is 14.9 Å². The molecule has 0 radical (unpaired) electrons. The number of carboxylic acid groups (broad SMARTS) is 1. The number of fused-ring (bicyclic) bond motifs is 1. The Kier molecular flexibility index (Phi) is 14.8. The molecule has 2 heterocycles. The first-order chi connectivity index (χ1) is 30.2. The van der Waals surface area contributed by atoms with E-state index in [0.717, 1.165) is 59.6 Å². The van der Waals surface area contributed by atoms with Gasteiger partial charge in [-0.05, 0) is 115 Å². The Bertz CT molecular complexity index is 2550. The third-order valence-corrected chi connectivity index (χ3v) is 16.0. The normalized spacial score (nSPS) is 16.4. The van der Waals surface area contributed by atoms with Gasteiger partial charge in [-0.1, -0.05) is 54.6 Å². The van der Waals surface area contributed by atoms with Crippen molar-refractivity contribution in [2.45, 2.75) is 67.6 Å². The molecule has 63 heavy (non-hydrogen) atoms. The molecule has 1 aliphatic carbocycles. The molecule has 2 saturated heterocycles. The van der Waals surface area contributed by atoms with Crippen LogP contribution in [0, 0.1) is 23.3 Å². The van der Waals surface area contributed by atoms with Gasteiger partial charge in [0.15, 0.2) is 28.2 Å². The number of halogens is 4. The van der Waals surface area contributed by atoms with E-state index in [4.69, 9.17) is 5.11 Å². The summed E-state index contributed by atoms with van der Waals surface area (Å²) in [6, 6.07) is 25.1. The zero-order valence-corrected chi connectivity index (χ0v) is 36.9. The Labute approximate surface area is 369 Å². The minimum Gasteiger partial charge on any atom is -0.481 e. The monoisotopic (exact) mass is 924 g/mol. The number of aliphatic carboxylic acids is 1. The predicted molar refractivity (Wildman–Crippen MR) is 241 cm³/mol. The van der Waals surface area contributed by atoms with Crippen molar-refractivity contribution in [2.24, 2.45) is 4.99 Å². The zero-order valence-electron chi connectivity index (χ0n) is 34.5. The Morgan fingerprint density at radius 3 is 1.73 bits per heavy atom. The van der Waals surface area contributed by atoms with Crippen LogP contribution in [-0.4, -0.2) is 77.9 Å². The van der Waals surface area contributed by atoms with Gasteiger partial charge in [0.1, 0.15) is 0 Å². The summed E-state index contributed by atoms with van der Waals surface area (Å²) in [6.45, 7) is 4.03. The number of aliphatic imine (C=N–C) groups is 1. The second-order valence-corrected chi connectivity index (χ2v) is 20.5. The lowest BCUT2D eigenvalue weighted by Gasteiger charge is -2.29. The average Bonchev–Trinajstić information content (AvgIpc) is 3.28. The molecule has 2 aliphatic heterocycles. The van der Waals surface area contributed by atoms with Crippen LogP contribution in [0.1, 0.15) is 80.0 Å². The number of hydrogen-bond donors (Lipinski definition) is 2. The van der Waals surface area contributed by atoms with Crippen LogP contribution in [0.2, 0.25) is 0 Å².